The van der Waals surface area contributed by atoms with Gasteiger partial charge in [0.15, 0.2) is 0 Å². The Kier molecular flexibility index (Phi) is 5.58. The van der Waals surface area contributed by atoms with E-state index in [1.54, 1.807) is 19.3 Å². The normalized spacial score (nSPS) is 15.6. The van der Waals surface area contributed by atoms with Crippen molar-refractivity contribution in [3.8, 4) is 11.5 Å². The summed E-state index contributed by atoms with van der Waals surface area (Å²) in [5.74, 6) is 0.375. The van der Waals surface area contributed by atoms with Crippen LogP contribution in [0, 0.1) is 5.82 Å². The van der Waals surface area contributed by atoms with Crippen molar-refractivity contribution in [3.05, 3.63) is 64.8 Å². The molecule has 5 nitrogen and oxygen atoms in total. The number of hydrogen-bond donors (Lipinski definition) is 0. The smallest absolute Gasteiger partial charge is 0.293 e. The first-order chi connectivity index (χ1) is 12.6. The topological polar surface area (TPSA) is 55.8 Å². The Morgan fingerprint density at radius 2 is 1.85 bits per heavy atom. The van der Waals surface area contributed by atoms with E-state index in [0.717, 1.165) is 22.2 Å². The lowest BCUT2D eigenvalue weighted by molar-refractivity contribution is -0.123. The summed E-state index contributed by atoms with van der Waals surface area (Å²) in [6.07, 6.45) is 1.64. The van der Waals surface area contributed by atoms with Gasteiger partial charge < -0.3 is 9.47 Å². The molecule has 7 heteroatoms. The monoisotopic (exact) mass is 373 g/mol. The van der Waals surface area contributed by atoms with E-state index in [0.29, 0.717) is 16.4 Å². The lowest BCUT2D eigenvalue weighted by atomic mass is 10.2. The molecule has 0 aromatic heterocycles. The van der Waals surface area contributed by atoms with E-state index in [2.05, 4.69) is 0 Å². The summed E-state index contributed by atoms with van der Waals surface area (Å²) >= 11 is 0.882. The van der Waals surface area contributed by atoms with Gasteiger partial charge in [-0.05, 0) is 48.2 Å². The molecule has 1 saturated heterocycles. The molecule has 0 atom stereocenters. The molecule has 0 bridgehead atoms. The Morgan fingerprint density at radius 3 is 2.58 bits per heavy atom. The summed E-state index contributed by atoms with van der Waals surface area (Å²) in [5, 5.41) is -0.348. The zero-order chi connectivity index (χ0) is 18.5. The third-order valence-corrected chi connectivity index (χ3v) is 4.60. The number of carbonyl (C=O) groups excluding carboxylic acids is 2. The van der Waals surface area contributed by atoms with Gasteiger partial charge in [0.2, 0.25) is 0 Å². The first-order valence-electron chi connectivity index (χ1n) is 7.85. The van der Waals surface area contributed by atoms with Crippen LogP contribution < -0.4 is 9.47 Å². The van der Waals surface area contributed by atoms with Gasteiger partial charge in [0.1, 0.15) is 23.9 Å². The van der Waals surface area contributed by atoms with Crippen molar-refractivity contribution in [1.29, 1.82) is 0 Å². The van der Waals surface area contributed by atoms with Gasteiger partial charge in [-0.15, -0.1) is 0 Å². The average molecular weight is 373 g/mol. The fourth-order valence-electron chi connectivity index (χ4n) is 2.41. The molecule has 0 aliphatic carbocycles. The molecule has 2 aromatic carbocycles. The van der Waals surface area contributed by atoms with Crippen LogP contribution in [-0.2, 0) is 4.79 Å². The molecule has 0 N–H and O–H groups in total. The second-order valence-corrected chi connectivity index (χ2v) is 6.37. The summed E-state index contributed by atoms with van der Waals surface area (Å²) < 4.78 is 23.6. The predicted molar refractivity (Wildman–Crippen MR) is 97.6 cm³/mol. The minimum absolute atomic E-state index is 0.116. The molecule has 3 rings (SSSR count). The molecule has 1 fully saturated rings. The Bertz CT molecular complexity index is 851. The van der Waals surface area contributed by atoms with Crippen LogP contribution in [0.1, 0.15) is 5.56 Å². The predicted octanol–water partition coefficient (Wildman–Crippen LogP) is 3.95. The molecule has 1 aliphatic rings. The number of methoxy groups -OCH3 is 1. The number of ether oxygens (including phenoxy) is 2. The highest BCUT2D eigenvalue weighted by atomic mass is 32.2. The maximum Gasteiger partial charge on any atom is 0.293 e. The first kappa shape index (κ1) is 18.0. The van der Waals surface area contributed by atoms with E-state index in [-0.39, 0.29) is 30.1 Å². The molecule has 1 aliphatic heterocycles. The number of rotatable bonds is 6. The van der Waals surface area contributed by atoms with Crippen LogP contribution >= 0.6 is 11.8 Å². The Balaban J connectivity index is 1.65. The highest BCUT2D eigenvalue weighted by Gasteiger charge is 2.34. The molecule has 26 heavy (non-hydrogen) atoms. The van der Waals surface area contributed by atoms with Gasteiger partial charge in [-0.1, -0.05) is 18.2 Å². The molecule has 1 heterocycles. The van der Waals surface area contributed by atoms with Gasteiger partial charge in [-0.2, -0.15) is 0 Å². The number of imide groups is 1. The van der Waals surface area contributed by atoms with Crippen molar-refractivity contribution in [3.63, 3.8) is 0 Å². The number of thioether (sulfide) groups is 1. The van der Waals surface area contributed by atoms with Crippen molar-refractivity contribution in [1.82, 2.24) is 4.90 Å². The standard InChI is InChI=1S/C19H16FNO4S/c1-24-16-5-3-2-4-13(16)12-17-18(22)21(19(23)26-17)10-11-25-15-8-6-14(20)7-9-15/h2-9,12H,10-11H2,1H3. The number of nitrogens with zero attached hydrogens (tertiary/aromatic N) is 1. The van der Waals surface area contributed by atoms with E-state index < -0.39 is 0 Å². The van der Waals surface area contributed by atoms with Crippen molar-refractivity contribution in [2.45, 2.75) is 0 Å². The zero-order valence-electron chi connectivity index (χ0n) is 14.0. The van der Waals surface area contributed by atoms with E-state index in [1.807, 2.05) is 18.2 Å². The van der Waals surface area contributed by atoms with Crippen molar-refractivity contribution < 1.29 is 23.5 Å². The van der Waals surface area contributed by atoms with Crippen molar-refractivity contribution >= 4 is 29.0 Å². The van der Waals surface area contributed by atoms with Crippen LogP contribution in [0.3, 0.4) is 0 Å². The fourth-order valence-corrected chi connectivity index (χ4v) is 3.26. The van der Waals surface area contributed by atoms with Gasteiger partial charge in [0.05, 0.1) is 18.6 Å². The summed E-state index contributed by atoms with van der Waals surface area (Å²) in [4.78, 5) is 26.1. The van der Waals surface area contributed by atoms with Gasteiger partial charge in [-0.25, -0.2) is 4.39 Å². The number of benzene rings is 2. The second-order valence-electron chi connectivity index (χ2n) is 5.38. The average Bonchev–Trinajstić information content (AvgIpc) is 2.91. The van der Waals surface area contributed by atoms with Crippen LogP contribution in [0.2, 0.25) is 0 Å². The Hall–Kier alpha value is -2.80. The van der Waals surface area contributed by atoms with Gasteiger partial charge >= 0.3 is 0 Å². The summed E-state index contributed by atoms with van der Waals surface area (Å²) in [6, 6.07) is 12.8. The SMILES string of the molecule is COc1ccccc1C=C1SC(=O)N(CCOc2ccc(F)cc2)C1=O. The summed E-state index contributed by atoms with van der Waals surface area (Å²) in [6.45, 7) is 0.247. The van der Waals surface area contributed by atoms with Gasteiger partial charge in [-0.3, -0.25) is 14.5 Å². The number of para-hydroxylation sites is 1. The van der Waals surface area contributed by atoms with Gasteiger partial charge in [0, 0.05) is 5.56 Å². The minimum Gasteiger partial charge on any atom is -0.496 e. The van der Waals surface area contributed by atoms with Crippen LogP contribution in [0.25, 0.3) is 6.08 Å². The van der Waals surface area contributed by atoms with Gasteiger partial charge in [0.25, 0.3) is 11.1 Å². The molecular formula is C19H16FNO4S. The minimum atomic E-state index is -0.367. The zero-order valence-corrected chi connectivity index (χ0v) is 14.8. The van der Waals surface area contributed by atoms with E-state index in [9.17, 15) is 14.0 Å². The largest absolute Gasteiger partial charge is 0.496 e. The van der Waals surface area contributed by atoms with Crippen LogP contribution in [0.15, 0.2) is 53.4 Å². The maximum atomic E-state index is 12.9. The molecular weight excluding hydrogens is 357 g/mol. The van der Waals surface area contributed by atoms with Crippen LogP contribution in [-0.4, -0.2) is 36.3 Å². The number of amides is 2. The third-order valence-electron chi connectivity index (χ3n) is 3.70. The van der Waals surface area contributed by atoms with Crippen LogP contribution in [0.5, 0.6) is 11.5 Å². The number of halogens is 1. The number of hydrogen-bond acceptors (Lipinski definition) is 5. The quantitative estimate of drug-likeness (QED) is 0.718. The van der Waals surface area contributed by atoms with E-state index >= 15 is 0 Å². The highest BCUT2D eigenvalue weighted by molar-refractivity contribution is 8.18. The fraction of sp³-hybridized carbons (Fsp3) is 0.158. The molecule has 0 saturated carbocycles. The lowest BCUT2D eigenvalue weighted by Crippen LogP contribution is -2.32. The summed E-state index contributed by atoms with van der Waals surface area (Å²) in [5.41, 5.74) is 0.725. The molecule has 0 unspecified atom stereocenters. The lowest BCUT2D eigenvalue weighted by Gasteiger charge is -2.13. The van der Waals surface area contributed by atoms with Crippen molar-refractivity contribution in [2.75, 3.05) is 20.3 Å². The van der Waals surface area contributed by atoms with E-state index in [1.165, 1.54) is 24.3 Å². The number of carbonyl (C=O) groups is 2. The maximum absolute atomic E-state index is 12.9. The molecule has 0 radical (unpaired) electrons. The molecule has 0 spiro atoms. The molecule has 134 valence electrons. The Labute approximate surface area is 154 Å². The first-order valence-corrected chi connectivity index (χ1v) is 8.67. The molecule has 2 amide bonds. The summed E-state index contributed by atoms with van der Waals surface area (Å²) in [7, 11) is 1.55. The third kappa shape index (κ3) is 4.05. The van der Waals surface area contributed by atoms with Crippen molar-refractivity contribution in [2.24, 2.45) is 0 Å². The molecule has 2 aromatic rings. The Morgan fingerprint density at radius 1 is 1.12 bits per heavy atom. The van der Waals surface area contributed by atoms with E-state index in [4.69, 9.17) is 9.47 Å². The van der Waals surface area contributed by atoms with Crippen LogP contribution in [0.4, 0.5) is 9.18 Å². The highest BCUT2D eigenvalue weighted by Crippen LogP contribution is 2.33. The second kappa shape index (κ2) is 8.05.